The summed E-state index contributed by atoms with van der Waals surface area (Å²) in [7, 11) is 1.58. The van der Waals surface area contributed by atoms with E-state index in [0.717, 1.165) is 11.3 Å². The molecule has 3 heterocycles. The van der Waals surface area contributed by atoms with Crippen molar-refractivity contribution in [1.82, 2.24) is 19.7 Å². The molecule has 0 aliphatic carbocycles. The number of fused-ring (bicyclic) bond motifs is 1. The predicted molar refractivity (Wildman–Crippen MR) is 136 cm³/mol. The molecule has 0 saturated carbocycles. The number of pyridine rings is 1. The molecule has 2 aromatic carbocycles. The Morgan fingerprint density at radius 1 is 1.06 bits per heavy atom. The molecule has 0 bridgehead atoms. The molecule has 1 N–H and O–H groups in total. The Morgan fingerprint density at radius 3 is 2.57 bits per heavy atom. The number of hydrogen-bond donors (Lipinski definition) is 1. The van der Waals surface area contributed by atoms with Gasteiger partial charge in [-0.25, -0.2) is 9.67 Å². The number of nitrogens with zero attached hydrogens (tertiary/aromatic N) is 5. The zero-order valence-corrected chi connectivity index (χ0v) is 20.1. The minimum Gasteiger partial charge on any atom is -0.495 e. The first-order chi connectivity index (χ1) is 17.1. The van der Waals surface area contributed by atoms with Crippen LogP contribution in [0.3, 0.4) is 0 Å². The van der Waals surface area contributed by atoms with Crippen LogP contribution in [0, 0.1) is 5.92 Å². The maximum atomic E-state index is 13.6. The van der Waals surface area contributed by atoms with E-state index in [0.29, 0.717) is 28.3 Å². The second kappa shape index (κ2) is 10.1. The van der Waals surface area contributed by atoms with Crippen molar-refractivity contribution in [2.75, 3.05) is 12.4 Å². The molecule has 1 amide bonds. The van der Waals surface area contributed by atoms with Crippen molar-refractivity contribution in [3.05, 3.63) is 90.3 Å². The lowest BCUT2D eigenvalue weighted by atomic mass is 9.88. The van der Waals surface area contributed by atoms with E-state index in [2.05, 4.69) is 32.4 Å². The summed E-state index contributed by atoms with van der Waals surface area (Å²) in [5.41, 5.74) is 3.35. The quantitative estimate of drug-likeness (QED) is 0.374. The van der Waals surface area contributed by atoms with E-state index in [4.69, 9.17) is 9.84 Å². The van der Waals surface area contributed by atoms with Crippen LogP contribution in [0.1, 0.15) is 24.1 Å². The van der Waals surface area contributed by atoms with Crippen LogP contribution in [0.5, 0.6) is 5.75 Å². The van der Waals surface area contributed by atoms with Crippen molar-refractivity contribution in [3.63, 3.8) is 0 Å². The summed E-state index contributed by atoms with van der Waals surface area (Å²) >= 11 is 1.54. The molecule has 8 nitrogen and oxygen atoms in total. The highest BCUT2D eigenvalue weighted by atomic mass is 32.2. The highest BCUT2D eigenvalue weighted by molar-refractivity contribution is 7.98. The van der Waals surface area contributed by atoms with Gasteiger partial charge in [-0.15, -0.1) is 5.10 Å². The molecule has 2 aromatic heterocycles. The van der Waals surface area contributed by atoms with Crippen LogP contribution >= 0.6 is 11.8 Å². The molecule has 0 spiro atoms. The Balaban J connectivity index is 1.48. The fourth-order valence-corrected chi connectivity index (χ4v) is 4.90. The number of benzene rings is 2. The average molecular weight is 485 g/mol. The summed E-state index contributed by atoms with van der Waals surface area (Å²) in [6.07, 6.45) is 3.43. The van der Waals surface area contributed by atoms with Crippen molar-refractivity contribution in [3.8, 4) is 5.75 Å². The smallest absolute Gasteiger partial charge is 0.249 e. The molecule has 0 saturated heterocycles. The molecule has 9 heteroatoms. The van der Waals surface area contributed by atoms with Gasteiger partial charge in [0.05, 0.1) is 18.8 Å². The second-order valence-electron chi connectivity index (χ2n) is 8.06. The molecule has 2 unspecified atom stereocenters. The van der Waals surface area contributed by atoms with E-state index in [1.54, 1.807) is 35.9 Å². The van der Waals surface area contributed by atoms with E-state index in [1.165, 1.54) is 5.56 Å². The number of rotatable bonds is 7. The fourth-order valence-electron chi connectivity index (χ4n) is 4.12. The molecular weight excluding hydrogens is 460 g/mol. The van der Waals surface area contributed by atoms with Gasteiger partial charge in [-0.05, 0) is 42.3 Å². The molecule has 0 radical (unpaired) electrons. The molecule has 5 rings (SSSR count). The van der Waals surface area contributed by atoms with Crippen LogP contribution in [0.25, 0.3) is 0 Å². The largest absolute Gasteiger partial charge is 0.495 e. The van der Waals surface area contributed by atoms with Gasteiger partial charge in [0.2, 0.25) is 17.0 Å². The number of para-hydroxylation sites is 2. The summed E-state index contributed by atoms with van der Waals surface area (Å²) in [4.78, 5) is 27.1. The van der Waals surface area contributed by atoms with Crippen LogP contribution in [0.4, 0.5) is 11.6 Å². The standard InChI is InChI=1S/C26H24N6O2S/c1-17-22(24(33)29-20-10-6-7-11-21(20)34-2)23(19-12-14-27-15-13-19)32-25(28-17)30-26(31-32)35-16-18-8-4-3-5-9-18/h3-15,22-23H,16H2,1-2H3,(H,29,33). The normalized spacial score (nSPS) is 16.8. The summed E-state index contributed by atoms with van der Waals surface area (Å²) in [5.74, 6) is 1.03. The summed E-state index contributed by atoms with van der Waals surface area (Å²) < 4.78 is 7.16. The Labute approximate surface area is 207 Å². The molecule has 2 atom stereocenters. The zero-order chi connectivity index (χ0) is 24.2. The maximum Gasteiger partial charge on any atom is 0.249 e. The first-order valence-corrected chi connectivity index (χ1v) is 12.1. The number of amides is 1. The van der Waals surface area contributed by atoms with Crippen molar-refractivity contribution < 1.29 is 9.53 Å². The van der Waals surface area contributed by atoms with E-state index in [9.17, 15) is 4.79 Å². The average Bonchev–Trinajstić information content (AvgIpc) is 3.30. The first-order valence-electron chi connectivity index (χ1n) is 11.2. The van der Waals surface area contributed by atoms with Gasteiger partial charge >= 0.3 is 0 Å². The Morgan fingerprint density at radius 2 is 1.80 bits per heavy atom. The summed E-state index contributed by atoms with van der Waals surface area (Å²) in [5, 5.41) is 8.40. The van der Waals surface area contributed by atoms with Gasteiger partial charge in [-0.2, -0.15) is 4.98 Å². The number of carbonyl (C=O) groups is 1. The van der Waals surface area contributed by atoms with Crippen molar-refractivity contribution in [1.29, 1.82) is 0 Å². The number of thioether (sulfide) groups is 1. The van der Waals surface area contributed by atoms with Crippen molar-refractivity contribution >= 4 is 35.0 Å². The minimum atomic E-state index is -0.594. The third kappa shape index (κ3) is 4.81. The van der Waals surface area contributed by atoms with Crippen LogP contribution in [0.15, 0.2) is 89.3 Å². The van der Waals surface area contributed by atoms with Gasteiger partial charge in [0, 0.05) is 23.9 Å². The number of aliphatic imine (C=N–C) groups is 1. The van der Waals surface area contributed by atoms with Crippen LogP contribution in [-0.2, 0) is 10.5 Å². The molecule has 0 fully saturated rings. The molecule has 35 heavy (non-hydrogen) atoms. The lowest BCUT2D eigenvalue weighted by molar-refractivity contribution is -0.118. The Bertz CT molecular complexity index is 1360. The van der Waals surface area contributed by atoms with Crippen LogP contribution < -0.4 is 10.1 Å². The van der Waals surface area contributed by atoms with E-state index in [1.807, 2.05) is 61.5 Å². The highest BCUT2D eigenvalue weighted by Crippen LogP contribution is 2.38. The van der Waals surface area contributed by atoms with Gasteiger partial charge in [0.1, 0.15) is 11.7 Å². The molecule has 176 valence electrons. The molecular formula is C26H24N6O2S. The summed E-state index contributed by atoms with van der Waals surface area (Å²) in [6, 6.07) is 20.9. The number of carbonyl (C=O) groups excluding carboxylic acids is 1. The zero-order valence-electron chi connectivity index (χ0n) is 19.3. The number of ether oxygens (including phenoxy) is 1. The van der Waals surface area contributed by atoms with E-state index < -0.39 is 12.0 Å². The van der Waals surface area contributed by atoms with Crippen molar-refractivity contribution in [2.45, 2.75) is 23.9 Å². The number of anilines is 1. The third-order valence-electron chi connectivity index (χ3n) is 5.81. The topological polar surface area (TPSA) is 94.3 Å². The lowest BCUT2D eigenvalue weighted by Gasteiger charge is -2.30. The van der Waals surface area contributed by atoms with Crippen molar-refractivity contribution in [2.24, 2.45) is 10.9 Å². The number of methoxy groups -OCH3 is 1. The lowest BCUT2D eigenvalue weighted by Crippen LogP contribution is -2.39. The molecule has 1 aliphatic heterocycles. The van der Waals surface area contributed by atoms with Gasteiger partial charge in [0.15, 0.2) is 0 Å². The second-order valence-corrected chi connectivity index (χ2v) is 9.00. The van der Waals surface area contributed by atoms with Crippen LogP contribution in [0.2, 0.25) is 0 Å². The Hall–Kier alpha value is -3.98. The van der Waals surface area contributed by atoms with E-state index >= 15 is 0 Å². The first kappa shape index (κ1) is 22.8. The fraction of sp³-hybridized carbons (Fsp3) is 0.192. The SMILES string of the molecule is COc1ccccc1NC(=O)C1C(C)=Nc2nc(SCc3ccccc3)nn2C1c1ccncc1. The predicted octanol–water partition coefficient (Wildman–Crippen LogP) is 4.92. The summed E-state index contributed by atoms with van der Waals surface area (Å²) in [6.45, 7) is 1.86. The van der Waals surface area contributed by atoms with Gasteiger partial charge in [0.25, 0.3) is 0 Å². The van der Waals surface area contributed by atoms with E-state index in [-0.39, 0.29) is 5.91 Å². The number of nitrogens with one attached hydrogen (secondary N) is 1. The van der Waals surface area contributed by atoms with Crippen LogP contribution in [-0.4, -0.2) is 38.5 Å². The molecule has 1 aliphatic rings. The third-order valence-corrected chi connectivity index (χ3v) is 6.71. The van der Waals surface area contributed by atoms with Gasteiger partial charge in [-0.1, -0.05) is 54.2 Å². The maximum absolute atomic E-state index is 13.6. The minimum absolute atomic E-state index is 0.197. The Kier molecular flexibility index (Phi) is 6.58. The number of aromatic nitrogens is 4. The van der Waals surface area contributed by atoms with Gasteiger partial charge < -0.3 is 10.1 Å². The number of hydrogen-bond acceptors (Lipinski definition) is 7. The van der Waals surface area contributed by atoms with Gasteiger partial charge in [-0.3, -0.25) is 9.78 Å². The molecule has 4 aromatic rings. The monoisotopic (exact) mass is 484 g/mol. The highest BCUT2D eigenvalue weighted by Gasteiger charge is 2.39.